The maximum absolute atomic E-state index is 12.9. The molecule has 3 aromatic rings. The van der Waals surface area contributed by atoms with Crippen LogP contribution in [0.3, 0.4) is 0 Å². The fourth-order valence-electron chi connectivity index (χ4n) is 3.24. The Hall–Kier alpha value is -3.05. The van der Waals surface area contributed by atoms with Crippen LogP contribution >= 0.6 is 11.3 Å². The van der Waals surface area contributed by atoms with Gasteiger partial charge in [-0.1, -0.05) is 19.1 Å². The monoisotopic (exact) mass is 480 g/mol. The third-order valence-electron chi connectivity index (χ3n) is 4.67. The Labute approximate surface area is 194 Å². The molecule has 0 aliphatic heterocycles. The standard InChI is InChI=1S/C22H26F2N4O4S/c1-4-9-28(13-19-25-26-21(32-19)18-6-5-10-33-18)20(29)14-27(2)12-15-7-8-16(31-22(23)24)17(11-15)30-3/h5-8,10-11,22H,4,9,12-14H2,1-3H3. The molecule has 3 rings (SSSR count). The number of rotatable bonds is 12. The lowest BCUT2D eigenvalue weighted by atomic mass is 10.2. The summed E-state index contributed by atoms with van der Waals surface area (Å²) in [4.78, 5) is 17.3. The largest absolute Gasteiger partial charge is 0.493 e. The van der Waals surface area contributed by atoms with E-state index in [0.29, 0.717) is 24.9 Å². The SMILES string of the molecule is CCCN(Cc1nnc(-c2cccs2)o1)C(=O)CN(C)Cc1ccc(OC(F)F)c(OC)c1. The summed E-state index contributed by atoms with van der Waals surface area (Å²) >= 11 is 1.50. The van der Waals surface area contributed by atoms with Crippen molar-refractivity contribution >= 4 is 17.2 Å². The normalized spacial score (nSPS) is 11.2. The Kier molecular flexibility index (Phi) is 8.72. The van der Waals surface area contributed by atoms with E-state index in [1.807, 2.05) is 29.3 Å². The molecule has 2 aromatic heterocycles. The molecule has 0 atom stereocenters. The zero-order chi connectivity index (χ0) is 23.8. The van der Waals surface area contributed by atoms with E-state index in [9.17, 15) is 13.6 Å². The van der Waals surface area contributed by atoms with Crippen LogP contribution in [0.5, 0.6) is 11.5 Å². The first kappa shape index (κ1) is 24.6. The van der Waals surface area contributed by atoms with E-state index in [4.69, 9.17) is 9.15 Å². The molecule has 0 aliphatic rings. The predicted octanol–water partition coefficient (Wildman–Crippen LogP) is 4.28. The molecule has 0 saturated heterocycles. The lowest BCUT2D eigenvalue weighted by molar-refractivity contribution is -0.133. The molecular weight excluding hydrogens is 454 g/mol. The van der Waals surface area contributed by atoms with Crippen LogP contribution in [-0.2, 0) is 17.9 Å². The number of carbonyl (C=O) groups is 1. The van der Waals surface area contributed by atoms with Crippen molar-refractivity contribution in [3.05, 3.63) is 47.2 Å². The van der Waals surface area contributed by atoms with Gasteiger partial charge >= 0.3 is 6.61 Å². The van der Waals surface area contributed by atoms with Gasteiger partial charge in [-0.25, -0.2) is 0 Å². The van der Waals surface area contributed by atoms with Crippen LogP contribution in [-0.4, -0.2) is 59.8 Å². The number of hydrogen-bond acceptors (Lipinski definition) is 8. The zero-order valence-corrected chi connectivity index (χ0v) is 19.5. The van der Waals surface area contributed by atoms with Crippen LogP contribution in [0.15, 0.2) is 40.1 Å². The molecule has 0 bridgehead atoms. The number of ether oxygens (including phenoxy) is 2. The molecule has 0 saturated carbocycles. The van der Waals surface area contributed by atoms with Crippen LogP contribution in [0.2, 0.25) is 0 Å². The number of amides is 1. The van der Waals surface area contributed by atoms with Gasteiger partial charge in [0.05, 0.1) is 25.1 Å². The van der Waals surface area contributed by atoms with Crippen molar-refractivity contribution in [2.75, 3.05) is 27.2 Å². The van der Waals surface area contributed by atoms with Crippen molar-refractivity contribution < 1.29 is 27.5 Å². The van der Waals surface area contributed by atoms with Crippen LogP contribution < -0.4 is 9.47 Å². The minimum absolute atomic E-state index is 0.0365. The van der Waals surface area contributed by atoms with Crippen molar-refractivity contribution in [2.45, 2.75) is 33.0 Å². The molecule has 0 aliphatic carbocycles. The molecule has 0 spiro atoms. The number of nitrogens with zero attached hydrogens (tertiary/aromatic N) is 4. The van der Waals surface area contributed by atoms with Crippen LogP contribution in [0.4, 0.5) is 8.78 Å². The number of aromatic nitrogens is 2. The summed E-state index contributed by atoms with van der Waals surface area (Å²) in [5.74, 6) is 0.903. The second-order valence-electron chi connectivity index (χ2n) is 7.33. The predicted molar refractivity (Wildman–Crippen MR) is 119 cm³/mol. The Bertz CT molecular complexity index is 1030. The zero-order valence-electron chi connectivity index (χ0n) is 18.7. The van der Waals surface area contributed by atoms with Crippen LogP contribution in [0.1, 0.15) is 24.8 Å². The lowest BCUT2D eigenvalue weighted by Crippen LogP contribution is -2.39. The minimum Gasteiger partial charge on any atom is -0.493 e. The van der Waals surface area contributed by atoms with Gasteiger partial charge in [-0.3, -0.25) is 9.69 Å². The Morgan fingerprint density at radius 1 is 1.21 bits per heavy atom. The number of hydrogen-bond donors (Lipinski definition) is 0. The second-order valence-corrected chi connectivity index (χ2v) is 8.28. The quantitative estimate of drug-likeness (QED) is 0.383. The molecule has 1 aromatic carbocycles. The van der Waals surface area contributed by atoms with Crippen molar-refractivity contribution in [1.29, 1.82) is 0 Å². The molecule has 11 heteroatoms. The van der Waals surface area contributed by atoms with Crippen molar-refractivity contribution in [1.82, 2.24) is 20.0 Å². The summed E-state index contributed by atoms with van der Waals surface area (Å²) in [5.41, 5.74) is 0.795. The van der Waals surface area contributed by atoms with Crippen LogP contribution in [0, 0.1) is 0 Å². The highest BCUT2D eigenvalue weighted by Crippen LogP contribution is 2.30. The molecule has 0 N–H and O–H groups in total. The summed E-state index contributed by atoms with van der Waals surface area (Å²) in [6.07, 6.45) is 0.782. The number of likely N-dealkylation sites (N-methyl/N-ethyl adjacent to an activating group) is 1. The summed E-state index contributed by atoms with van der Waals surface area (Å²) < 4.78 is 40.3. The number of thiophene rings is 1. The smallest absolute Gasteiger partial charge is 0.387 e. The average molecular weight is 481 g/mol. The first-order valence-corrected chi connectivity index (χ1v) is 11.2. The molecule has 2 heterocycles. The van der Waals surface area contributed by atoms with E-state index in [2.05, 4.69) is 14.9 Å². The van der Waals surface area contributed by atoms with Gasteiger partial charge in [0.25, 0.3) is 5.89 Å². The Morgan fingerprint density at radius 2 is 2.03 bits per heavy atom. The van der Waals surface area contributed by atoms with E-state index in [1.165, 1.54) is 24.5 Å². The average Bonchev–Trinajstić information content (AvgIpc) is 3.46. The fourth-order valence-corrected chi connectivity index (χ4v) is 3.89. The van der Waals surface area contributed by atoms with Gasteiger partial charge in [0.2, 0.25) is 11.8 Å². The highest BCUT2D eigenvalue weighted by atomic mass is 32.1. The highest BCUT2D eigenvalue weighted by Gasteiger charge is 2.20. The molecule has 1 amide bonds. The summed E-state index contributed by atoms with van der Waals surface area (Å²) in [6.45, 7) is 0.409. The van der Waals surface area contributed by atoms with Crippen LogP contribution in [0.25, 0.3) is 10.8 Å². The van der Waals surface area contributed by atoms with Gasteiger partial charge in [-0.05, 0) is 42.6 Å². The maximum atomic E-state index is 12.9. The molecule has 33 heavy (non-hydrogen) atoms. The van der Waals surface area contributed by atoms with E-state index < -0.39 is 6.61 Å². The van der Waals surface area contributed by atoms with Crippen molar-refractivity contribution in [3.63, 3.8) is 0 Å². The summed E-state index contributed by atoms with van der Waals surface area (Å²) in [7, 11) is 3.19. The fraction of sp³-hybridized carbons (Fsp3) is 0.409. The third-order valence-corrected chi connectivity index (χ3v) is 5.53. The van der Waals surface area contributed by atoms with E-state index in [0.717, 1.165) is 16.9 Å². The van der Waals surface area contributed by atoms with Gasteiger partial charge < -0.3 is 18.8 Å². The molecule has 178 valence electrons. The molecular formula is C22H26F2N4O4S. The van der Waals surface area contributed by atoms with Crippen molar-refractivity contribution in [3.8, 4) is 22.3 Å². The Morgan fingerprint density at radius 3 is 2.70 bits per heavy atom. The molecule has 0 unspecified atom stereocenters. The number of methoxy groups -OCH3 is 1. The van der Waals surface area contributed by atoms with E-state index in [1.54, 1.807) is 24.1 Å². The van der Waals surface area contributed by atoms with E-state index in [-0.39, 0.29) is 30.5 Å². The summed E-state index contributed by atoms with van der Waals surface area (Å²) in [6, 6.07) is 8.51. The number of alkyl halides is 2. The molecule has 0 fully saturated rings. The highest BCUT2D eigenvalue weighted by molar-refractivity contribution is 7.13. The number of halogens is 2. The molecule has 0 radical (unpaired) electrons. The van der Waals surface area contributed by atoms with Gasteiger partial charge in [0.1, 0.15) is 0 Å². The van der Waals surface area contributed by atoms with E-state index >= 15 is 0 Å². The topological polar surface area (TPSA) is 80.9 Å². The lowest BCUT2D eigenvalue weighted by Gasteiger charge is -2.24. The maximum Gasteiger partial charge on any atom is 0.387 e. The van der Waals surface area contributed by atoms with Gasteiger partial charge in [0, 0.05) is 13.1 Å². The number of carbonyl (C=O) groups excluding carboxylic acids is 1. The van der Waals surface area contributed by atoms with Crippen molar-refractivity contribution in [2.24, 2.45) is 0 Å². The minimum atomic E-state index is -2.94. The third kappa shape index (κ3) is 6.96. The van der Waals surface area contributed by atoms with Gasteiger partial charge in [-0.15, -0.1) is 21.5 Å². The van der Waals surface area contributed by atoms with Gasteiger partial charge in [-0.2, -0.15) is 8.78 Å². The first-order valence-electron chi connectivity index (χ1n) is 10.3. The van der Waals surface area contributed by atoms with Gasteiger partial charge in [0.15, 0.2) is 11.5 Å². The summed E-state index contributed by atoms with van der Waals surface area (Å²) in [5, 5.41) is 10.1. The Balaban J connectivity index is 1.60. The second kappa shape index (κ2) is 11.7. The first-order chi connectivity index (χ1) is 15.9. The molecule has 8 nitrogen and oxygen atoms in total. The number of benzene rings is 1.